The lowest BCUT2D eigenvalue weighted by Gasteiger charge is -2.38. The van der Waals surface area contributed by atoms with Crippen LogP contribution in [-0.2, 0) is 11.2 Å². The fourth-order valence-electron chi connectivity index (χ4n) is 5.01. The SMILES string of the molecule is O=C(CCN1CCc2sccc2[C@H]1c1cccc(F)c1)N1CCN(C(=O)c2ccc(Cl)cc2)CC1. The van der Waals surface area contributed by atoms with Crippen LogP contribution in [0.15, 0.2) is 60.0 Å². The molecule has 0 aliphatic carbocycles. The number of amides is 2. The van der Waals surface area contributed by atoms with E-state index in [1.54, 1.807) is 52.6 Å². The summed E-state index contributed by atoms with van der Waals surface area (Å²) in [7, 11) is 0. The lowest BCUT2D eigenvalue weighted by atomic mass is 9.93. The molecule has 0 radical (unpaired) electrons. The zero-order chi connectivity index (χ0) is 24.4. The summed E-state index contributed by atoms with van der Waals surface area (Å²) in [6.07, 6.45) is 1.34. The first-order valence-corrected chi connectivity index (χ1v) is 13.1. The summed E-state index contributed by atoms with van der Waals surface area (Å²) < 4.78 is 14.0. The van der Waals surface area contributed by atoms with Crippen LogP contribution >= 0.6 is 22.9 Å². The fraction of sp³-hybridized carbons (Fsp3) is 0.333. The first kappa shape index (κ1) is 24.0. The molecule has 5 rings (SSSR count). The zero-order valence-electron chi connectivity index (χ0n) is 19.3. The summed E-state index contributed by atoms with van der Waals surface area (Å²) in [5, 5.41) is 2.69. The molecule has 35 heavy (non-hydrogen) atoms. The van der Waals surface area contributed by atoms with Crippen molar-refractivity contribution in [2.75, 3.05) is 39.3 Å². The van der Waals surface area contributed by atoms with E-state index in [0.717, 1.165) is 18.5 Å². The van der Waals surface area contributed by atoms with E-state index in [4.69, 9.17) is 11.6 Å². The second kappa shape index (κ2) is 10.5. The molecule has 182 valence electrons. The molecular formula is C27H27ClFN3O2S. The minimum atomic E-state index is -0.244. The van der Waals surface area contributed by atoms with Gasteiger partial charge in [0.2, 0.25) is 5.91 Å². The van der Waals surface area contributed by atoms with Crippen LogP contribution in [0.25, 0.3) is 0 Å². The summed E-state index contributed by atoms with van der Waals surface area (Å²) in [6.45, 7) is 3.53. The number of carbonyl (C=O) groups excluding carboxylic acids is 2. The Morgan fingerprint density at radius 2 is 1.71 bits per heavy atom. The topological polar surface area (TPSA) is 43.9 Å². The van der Waals surface area contributed by atoms with Gasteiger partial charge in [-0.1, -0.05) is 23.7 Å². The van der Waals surface area contributed by atoms with E-state index in [2.05, 4.69) is 16.3 Å². The number of fused-ring (bicyclic) bond motifs is 1. The monoisotopic (exact) mass is 511 g/mol. The Hall–Kier alpha value is -2.74. The molecule has 2 amide bonds. The van der Waals surface area contributed by atoms with Gasteiger partial charge in [0.1, 0.15) is 5.82 Å². The molecule has 1 fully saturated rings. The predicted molar refractivity (Wildman–Crippen MR) is 136 cm³/mol. The molecule has 0 N–H and O–H groups in total. The number of rotatable bonds is 5. The molecule has 1 atom stereocenters. The molecule has 1 saturated heterocycles. The number of halogens is 2. The number of piperazine rings is 1. The number of carbonyl (C=O) groups is 2. The summed E-state index contributed by atoms with van der Waals surface area (Å²) in [5.74, 6) is -0.184. The van der Waals surface area contributed by atoms with Gasteiger partial charge in [-0.15, -0.1) is 11.3 Å². The van der Waals surface area contributed by atoms with Crippen LogP contribution < -0.4 is 0 Å². The molecule has 2 aliphatic rings. The maximum atomic E-state index is 14.0. The van der Waals surface area contributed by atoms with E-state index < -0.39 is 0 Å². The zero-order valence-corrected chi connectivity index (χ0v) is 20.9. The van der Waals surface area contributed by atoms with E-state index in [-0.39, 0.29) is 23.7 Å². The Kier molecular flexibility index (Phi) is 7.18. The Morgan fingerprint density at radius 3 is 2.46 bits per heavy atom. The van der Waals surface area contributed by atoms with Crippen molar-refractivity contribution < 1.29 is 14.0 Å². The highest BCUT2D eigenvalue weighted by molar-refractivity contribution is 7.10. The molecule has 0 spiro atoms. The van der Waals surface area contributed by atoms with Gasteiger partial charge in [0.05, 0.1) is 6.04 Å². The van der Waals surface area contributed by atoms with Gasteiger partial charge >= 0.3 is 0 Å². The highest BCUT2D eigenvalue weighted by atomic mass is 35.5. The van der Waals surface area contributed by atoms with Crippen molar-refractivity contribution in [2.24, 2.45) is 0 Å². The molecule has 3 heterocycles. The Bertz CT molecular complexity index is 1210. The van der Waals surface area contributed by atoms with Crippen molar-refractivity contribution in [3.8, 4) is 0 Å². The average Bonchev–Trinajstić information content (AvgIpc) is 3.36. The quantitative estimate of drug-likeness (QED) is 0.491. The molecular weight excluding hydrogens is 485 g/mol. The summed E-state index contributed by atoms with van der Waals surface area (Å²) >= 11 is 7.67. The van der Waals surface area contributed by atoms with E-state index in [1.165, 1.54) is 16.5 Å². The van der Waals surface area contributed by atoms with Gasteiger partial charge < -0.3 is 9.80 Å². The van der Waals surface area contributed by atoms with E-state index >= 15 is 0 Å². The summed E-state index contributed by atoms with van der Waals surface area (Å²) in [5.41, 5.74) is 2.75. The Balaban J connectivity index is 1.19. The minimum Gasteiger partial charge on any atom is -0.339 e. The van der Waals surface area contributed by atoms with Crippen LogP contribution in [0.2, 0.25) is 5.02 Å². The van der Waals surface area contributed by atoms with Crippen LogP contribution in [-0.4, -0.2) is 65.8 Å². The molecule has 2 aromatic carbocycles. The number of benzene rings is 2. The van der Waals surface area contributed by atoms with Crippen LogP contribution in [0.5, 0.6) is 0 Å². The average molecular weight is 512 g/mol. The maximum Gasteiger partial charge on any atom is 0.253 e. The normalized spacial score (nSPS) is 18.4. The second-order valence-corrected chi connectivity index (χ2v) is 10.4. The first-order chi connectivity index (χ1) is 17.0. The van der Waals surface area contributed by atoms with Crippen molar-refractivity contribution in [3.63, 3.8) is 0 Å². The Labute approximate surface area is 213 Å². The molecule has 5 nitrogen and oxygen atoms in total. The third-order valence-electron chi connectivity index (χ3n) is 6.85. The van der Waals surface area contributed by atoms with E-state index in [1.807, 2.05) is 11.0 Å². The predicted octanol–water partition coefficient (Wildman–Crippen LogP) is 4.86. The van der Waals surface area contributed by atoms with Gasteiger partial charge in [-0.25, -0.2) is 4.39 Å². The third kappa shape index (κ3) is 5.27. The van der Waals surface area contributed by atoms with Gasteiger partial charge in [-0.2, -0.15) is 0 Å². The lowest BCUT2D eigenvalue weighted by Crippen LogP contribution is -2.51. The molecule has 0 saturated carbocycles. The number of hydrogen-bond donors (Lipinski definition) is 0. The van der Waals surface area contributed by atoms with Crippen molar-refractivity contribution in [2.45, 2.75) is 18.9 Å². The molecule has 1 aromatic heterocycles. The van der Waals surface area contributed by atoms with Crippen molar-refractivity contribution in [1.82, 2.24) is 14.7 Å². The van der Waals surface area contributed by atoms with Crippen molar-refractivity contribution >= 4 is 34.8 Å². The van der Waals surface area contributed by atoms with Gasteiger partial charge in [0.25, 0.3) is 5.91 Å². The molecule has 8 heteroatoms. The van der Waals surface area contributed by atoms with Crippen LogP contribution in [0, 0.1) is 5.82 Å². The highest BCUT2D eigenvalue weighted by Gasteiger charge is 2.31. The van der Waals surface area contributed by atoms with Gasteiger partial charge in [0, 0.05) is 61.2 Å². The largest absolute Gasteiger partial charge is 0.339 e. The fourth-order valence-corrected chi connectivity index (χ4v) is 6.04. The van der Waals surface area contributed by atoms with Gasteiger partial charge in [0.15, 0.2) is 0 Å². The van der Waals surface area contributed by atoms with Gasteiger partial charge in [-0.05, 0) is 65.4 Å². The molecule has 0 bridgehead atoms. The summed E-state index contributed by atoms with van der Waals surface area (Å²) in [4.78, 5) is 33.0. The standard InChI is InChI=1S/C27H27ClFN3O2S/c28-21-6-4-19(5-7-21)27(34)32-15-13-30(14-16-32)25(33)9-12-31-11-8-24-23(10-17-35-24)26(31)20-2-1-3-22(29)18-20/h1-7,10,17-18,26H,8-9,11-16H2/t26-/m1/s1. The number of nitrogens with zero attached hydrogens (tertiary/aromatic N) is 3. The van der Waals surface area contributed by atoms with Crippen molar-refractivity contribution in [1.29, 1.82) is 0 Å². The highest BCUT2D eigenvalue weighted by Crippen LogP contribution is 2.38. The third-order valence-corrected chi connectivity index (χ3v) is 8.10. The lowest BCUT2D eigenvalue weighted by molar-refractivity contribution is -0.133. The first-order valence-electron chi connectivity index (χ1n) is 11.9. The maximum absolute atomic E-state index is 14.0. The van der Waals surface area contributed by atoms with Crippen molar-refractivity contribution in [3.05, 3.63) is 92.4 Å². The van der Waals surface area contributed by atoms with E-state index in [9.17, 15) is 14.0 Å². The smallest absolute Gasteiger partial charge is 0.253 e. The van der Waals surface area contributed by atoms with E-state index in [0.29, 0.717) is 49.7 Å². The Morgan fingerprint density at radius 1 is 0.971 bits per heavy atom. The minimum absolute atomic E-state index is 0.0356. The van der Waals surface area contributed by atoms with Gasteiger partial charge in [-0.3, -0.25) is 14.5 Å². The summed E-state index contributed by atoms with van der Waals surface area (Å²) in [6, 6.07) is 15.8. The molecule has 3 aromatic rings. The van der Waals surface area contributed by atoms with Crippen LogP contribution in [0.1, 0.15) is 38.8 Å². The number of thiophene rings is 1. The molecule has 2 aliphatic heterocycles. The van der Waals surface area contributed by atoms with Crippen LogP contribution in [0.4, 0.5) is 4.39 Å². The molecule has 0 unspecified atom stereocenters. The van der Waals surface area contributed by atoms with Crippen LogP contribution in [0.3, 0.4) is 0 Å². The second-order valence-electron chi connectivity index (χ2n) is 8.97. The number of hydrogen-bond acceptors (Lipinski definition) is 4.